The molecule has 1 amide bonds. The minimum Gasteiger partial charge on any atom is -0.444 e. The quantitative estimate of drug-likeness (QED) is 0.815. The van der Waals surface area contributed by atoms with Crippen molar-refractivity contribution < 1.29 is 19.4 Å². The lowest BCUT2D eigenvalue weighted by Gasteiger charge is -2.21. The van der Waals surface area contributed by atoms with Gasteiger partial charge >= 0.3 is 6.09 Å². The third kappa shape index (κ3) is 2.47. The second kappa shape index (κ2) is 5.03. The number of carbonyl (C=O) groups is 1. The number of fused-ring (bicyclic) bond motifs is 2. The molecular formula is C14H15NO4. The van der Waals surface area contributed by atoms with E-state index in [2.05, 4.69) is 0 Å². The van der Waals surface area contributed by atoms with Crippen LogP contribution >= 0.6 is 0 Å². The Hall–Kier alpha value is -1.85. The molecule has 0 saturated carbocycles. The first-order valence-corrected chi connectivity index (χ1v) is 6.23. The first kappa shape index (κ1) is 12.2. The van der Waals surface area contributed by atoms with E-state index in [0.29, 0.717) is 6.54 Å². The highest BCUT2D eigenvalue weighted by molar-refractivity contribution is 5.68. The fourth-order valence-electron chi connectivity index (χ4n) is 2.24. The molecule has 1 N–H and O–H groups in total. The van der Waals surface area contributed by atoms with E-state index in [1.165, 1.54) is 4.90 Å². The molecule has 2 bridgehead atoms. The molecule has 2 heterocycles. The Labute approximate surface area is 111 Å². The minimum atomic E-state index is -0.650. The van der Waals surface area contributed by atoms with Gasteiger partial charge < -0.3 is 14.6 Å². The number of aliphatic hydroxyl groups is 1. The van der Waals surface area contributed by atoms with Gasteiger partial charge in [-0.05, 0) is 11.6 Å². The van der Waals surface area contributed by atoms with Crippen molar-refractivity contribution in [3.8, 4) is 0 Å². The van der Waals surface area contributed by atoms with Gasteiger partial charge in [0.25, 0.3) is 0 Å². The molecule has 1 saturated heterocycles. The van der Waals surface area contributed by atoms with Crippen molar-refractivity contribution in [3.05, 3.63) is 48.0 Å². The summed E-state index contributed by atoms with van der Waals surface area (Å²) < 4.78 is 10.7. The summed E-state index contributed by atoms with van der Waals surface area (Å²) in [6.07, 6.45) is 1.50. The van der Waals surface area contributed by atoms with Crippen LogP contribution in [0, 0.1) is 0 Å². The molecule has 5 nitrogen and oxygen atoms in total. The second-order valence-corrected chi connectivity index (χ2v) is 4.63. The van der Waals surface area contributed by atoms with Crippen LogP contribution in [0.25, 0.3) is 0 Å². The Morgan fingerprint density at radius 2 is 2.16 bits per heavy atom. The lowest BCUT2D eigenvalue weighted by Crippen LogP contribution is -2.35. The van der Waals surface area contributed by atoms with Crippen LogP contribution in [0.5, 0.6) is 0 Å². The van der Waals surface area contributed by atoms with E-state index < -0.39 is 18.4 Å². The second-order valence-electron chi connectivity index (χ2n) is 4.63. The summed E-state index contributed by atoms with van der Waals surface area (Å²) in [5.74, 6) is 0. The number of hydrogen-bond acceptors (Lipinski definition) is 4. The van der Waals surface area contributed by atoms with Gasteiger partial charge in [0.05, 0.1) is 6.54 Å². The van der Waals surface area contributed by atoms with Gasteiger partial charge in [0.15, 0.2) is 6.23 Å². The molecule has 0 radical (unpaired) electrons. The Bertz CT molecular complexity index is 487. The summed E-state index contributed by atoms with van der Waals surface area (Å²) in [7, 11) is 0. The lowest BCUT2D eigenvalue weighted by molar-refractivity contribution is -0.0245. The smallest absolute Gasteiger partial charge is 0.412 e. The van der Waals surface area contributed by atoms with E-state index in [9.17, 15) is 9.90 Å². The Morgan fingerprint density at radius 1 is 1.37 bits per heavy atom. The largest absolute Gasteiger partial charge is 0.444 e. The normalized spacial score (nSPS) is 28.5. The highest BCUT2D eigenvalue weighted by Crippen LogP contribution is 2.25. The van der Waals surface area contributed by atoms with E-state index in [1.807, 2.05) is 30.3 Å². The standard InChI is InChI=1S/C14H15NO4/c16-11-6-7-13-15(8-12(11)19-13)14(17)18-9-10-4-2-1-3-5-10/h1-7,11-13,16H,8-9H2/t11-,12-,13-/m1/s1. The average molecular weight is 261 g/mol. The Kier molecular flexibility index (Phi) is 3.23. The summed E-state index contributed by atoms with van der Waals surface area (Å²) >= 11 is 0. The minimum absolute atomic E-state index is 0.236. The number of rotatable bonds is 2. The van der Waals surface area contributed by atoms with Crippen molar-refractivity contribution >= 4 is 6.09 Å². The molecule has 0 spiro atoms. The number of ether oxygens (including phenoxy) is 2. The van der Waals surface area contributed by atoms with Crippen LogP contribution in [-0.4, -0.2) is 41.1 Å². The summed E-state index contributed by atoms with van der Waals surface area (Å²) in [5.41, 5.74) is 0.939. The molecule has 19 heavy (non-hydrogen) atoms. The van der Waals surface area contributed by atoms with Gasteiger partial charge in [-0.3, -0.25) is 4.90 Å². The van der Waals surface area contributed by atoms with Gasteiger partial charge in [0.2, 0.25) is 0 Å². The van der Waals surface area contributed by atoms with Gasteiger partial charge in [0.1, 0.15) is 18.8 Å². The maximum atomic E-state index is 12.0. The van der Waals surface area contributed by atoms with E-state index in [1.54, 1.807) is 12.2 Å². The third-order valence-electron chi connectivity index (χ3n) is 3.29. The molecule has 3 rings (SSSR count). The molecule has 100 valence electrons. The number of hydrogen-bond donors (Lipinski definition) is 1. The molecule has 0 unspecified atom stereocenters. The van der Waals surface area contributed by atoms with Crippen LogP contribution < -0.4 is 0 Å². The van der Waals surface area contributed by atoms with Crippen molar-refractivity contribution in [2.24, 2.45) is 0 Å². The van der Waals surface area contributed by atoms with Crippen molar-refractivity contribution in [1.82, 2.24) is 4.90 Å². The summed E-state index contributed by atoms with van der Waals surface area (Å²) in [6, 6.07) is 9.50. The van der Waals surface area contributed by atoms with Gasteiger partial charge in [0, 0.05) is 0 Å². The van der Waals surface area contributed by atoms with E-state index in [0.717, 1.165) is 5.56 Å². The fraction of sp³-hybridized carbons (Fsp3) is 0.357. The van der Waals surface area contributed by atoms with Crippen LogP contribution in [0.2, 0.25) is 0 Å². The van der Waals surface area contributed by atoms with Gasteiger partial charge in [-0.25, -0.2) is 4.79 Å². The first-order valence-electron chi connectivity index (χ1n) is 6.23. The van der Waals surface area contributed by atoms with Gasteiger partial charge in [-0.2, -0.15) is 0 Å². The monoisotopic (exact) mass is 261 g/mol. The highest BCUT2D eigenvalue weighted by atomic mass is 16.6. The van der Waals surface area contributed by atoms with Crippen LogP contribution in [0.3, 0.4) is 0 Å². The number of nitrogens with zero attached hydrogens (tertiary/aromatic N) is 1. The van der Waals surface area contributed by atoms with Crippen molar-refractivity contribution in [1.29, 1.82) is 0 Å². The molecule has 1 fully saturated rings. The summed E-state index contributed by atoms with van der Waals surface area (Å²) in [4.78, 5) is 13.5. The predicted molar refractivity (Wildman–Crippen MR) is 67.1 cm³/mol. The van der Waals surface area contributed by atoms with E-state index in [-0.39, 0.29) is 12.7 Å². The van der Waals surface area contributed by atoms with Crippen LogP contribution in [0.15, 0.2) is 42.5 Å². The zero-order chi connectivity index (χ0) is 13.2. The molecular weight excluding hydrogens is 246 g/mol. The molecule has 1 aromatic carbocycles. The predicted octanol–water partition coefficient (Wildman–Crippen LogP) is 1.28. The van der Waals surface area contributed by atoms with Crippen LogP contribution in [0.1, 0.15) is 5.56 Å². The first-order chi connectivity index (χ1) is 9.24. The Balaban J connectivity index is 1.59. The van der Waals surface area contributed by atoms with Crippen molar-refractivity contribution in [2.45, 2.75) is 25.0 Å². The maximum absolute atomic E-state index is 12.0. The van der Waals surface area contributed by atoms with E-state index in [4.69, 9.17) is 9.47 Å². The molecule has 1 aromatic rings. The average Bonchev–Trinajstić information content (AvgIpc) is 2.81. The zero-order valence-electron chi connectivity index (χ0n) is 10.3. The summed E-state index contributed by atoms with van der Waals surface area (Å²) in [6.45, 7) is 0.590. The van der Waals surface area contributed by atoms with E-state index >= 15 is 0 Å². The lowest BCUT2D eigenvalue weighted by atomic mass is 10.2. The number of carbonyl (C=O) groups excluding carboxylic acids is 1. The topological polar surface area (TPSA) is 59.0 Å². The van der Waals surface area contributed by atoms with Crippen LogP contribution in [0.4, 0.5) is 4.79 Å². The molecule has 2 aliphatic heterocycles. The third-order valence-corrected chi connectivity index (χ3v) is 3.29. The molecule has 0 aromatic heterocycles. The molecule has 3 atom stereocenters. The SMILES string of the molecule is O=C(OCc1ccccc1)N1C[C@H]2O[C@@H]1C=C[C@H]2O. The van der Waals surface area contributed by atoms with Gasteiger partial charge in [-0.1, -0.05) is 36.4 Å². The zero-order valence-corrected chi connectivity index (χ0v) is 10.3. The fourth-order valence-corrected chi connectivity index (χ4v) is 2.24. The number of amides is 1. The highest BCUT2D eigenvalue weighted by Gasteiger charge is 2.41. The van der Waals surface area contributed by atoms with Crippen molar-refractivity contribution in [3.63, 3.8) is 0 Å². The Morgan fingerprint density at radius 3 is 2.89 bits per heavy atom. The van der Waals surface area contributed by atoms with Crippen LogP contribution in [-0.2, 0) is 16.1 Å². The number of aliphatic hydroxyl groups excluding tert-OH is 1. The van der Waals surface area contributed by atoms with Gasteiger partial charge in [-0.15, -0.1) is 0 Å². The molecule has 2 aliphatic rings. The molecule has 0 aliphatic carbocycles. The number of benzene rings is 1. The van der Waals surface area contributed by atoms with Crippen molar-refractivity contribution in [2.75, 3.05) is 6.54 Å². The maximum Gasteiger partial charge on any atom is 0.412 e. The molecule has 5 heteroatoms. The summed E-state index contributed by atoms with van der Waals surface area (Å²) in [5, 5.41) is 9.61.